The molecule has 0 atom stereocenters. The highest BCUT2D eigenvalue weighted by Crippen LogP contribution is 2.21. The fraction of sp³-hybridized carbons (Fsp3) is 0.667. The Hall–Kier alpha value is -1.66. The van der Waals surface area contributed by atoms with Gasteiger partial charge in [-0.25, -0.2) is 4.98 Å². The molecule has 0 aromatic carbocycles. The Kier molecular flexibility index (Phi) is 6.43. The van der Waals surface area contributed by atoms with Crippen molar-refractivity contribution in [2.75, 3.05) is 57.3 Å². The minimum Gasteiger partial charge on any atom is -0.356 e. The van der Waals surface area contributed by atoms with Crippen LogP contribution >= 0.6 is 0 Å². The van der Waals surface area contributed by atoms with Crippen LogP contribution in [0.15, 0.2) is 18.3 Å². The monoisotopic (exact) mass is 331 g/mol. The maximum absolute atomic E-state index is 12.6. The van der Waals surface area contributed by atoms with Crippen LogP contribution in [-0.2, 0) is 0 Å². The number of anilines is 1. The Balaban J connectivity index is 1.49. The van der Waals surface area contributed by atoms with Gasteiger partial charge in [0.05, 0.1) is 5.56 Å². The van der Waals surface area contributed by atoms with E-state index in [4.69, 9.17) is 0 Å². The maximum atomic E-state index is 12.6. The lowest BCUT2D eigenvalue weighted by molar-refractivity contribution is 0.0951. The number of aromatic nitrogens is 1. The zero-order valence-electron chi connectivity index (χ0n) is 14.5. The van der Waals surface area contributed by atoms with Gasteiger partial charge < -0.3 is 20.4 Å². The van der Waals surface area contributed by atoms with E-state index in [1.54, 1.807) is 6.20 Å². The van der Waals surface area contributed by atoms with Crippen molar-refractivity contribution in [1.29, 1.82) is 0 Å². The summed E-state index contributed by atoms with van der Waals surface area (Å²) in [6, 6.07) is 3.74. The van der Waals surface area contributed by atoms with Gasteiger partial charge in [-0.05, 0) is 44.4 Å². The molecule has 6 nitrogen and oxygen atoms in total. The lowest BCUT2D eigenvalue weighted by Crippen LogP contribution is -2.44. The van der Waals surface area contributed by atoms with E-state index in [9.17, 15) is 4.79 Å². The number of nitrogens with zero attached hydrogens (tertiary/aromatic N) is 3. The van der Waals surface area contributed by atoms with Gasteiger partial charge in [-0.3, -0.25) is 4.79 Å². The fourth-order valence-electron chi connectivity index (χ4n) is 3.47. The number of rotatable bonds is 6. The van der Waals surface area contributed by atoms with Crippen molar-refractivity contribution in [2.45, 2.75) is 25.7 Å². The van der Waals surface area contributed by atoms with Gasteiger partial charge in [-0.1, -0.05) is 0 Å². The first-order chi connectivity index (χ1) is 11.8. The number of pyridine rings is 1. The number of piperazine rings is 1. The molecule has 2 aliphatic rings. The molecule has 3 heterocycles. The van der Waals surface area contributed by atoms with E-state index in [0.29, 0.717) is 5.56 Å². The molecule has 3 rings (SSSR count). The van der Waals surface area contributed by atoms with E-state index in [2.05, 4.69) is 25.4 Å². The lowest BCUT2D eigenvalue weighted by atomic mass is 10.1. The molecule has 24 heavy (non-hydrogen) atoms. The maximum Gasteiger partial charge on any atom is 0.255 e. The van der Waals surface area contributed by atoms with Crippen LogP contribution in [0.1, 0.15) is 36.0 Å². The van der Waals surface area contributed by atoms with Crippen LogP contribution in [-0.4, -0.2) is 68.1 Å². The summed E-state index contributed by atoms with van der Waals surface area (Å²) in [5.41, 5.74) is 0.710. The molecule has 6 heteroatoms. The first kappa shape index (κ1) is 17.2. The van der Waals surface area contributed by atoms with E-state index in [-0.39, 0.29) is 5.91 Å². The Morgan fingerprint density at radius 3 is 2.75 bits per heavy atom. The Morgan fingerprint density at radius 1 is 1.17 bits per heavy atom. The molecule has 0 unspecified atom stereocenters. The molecule has 1 amide bonds. The number of carbonyl (C=O) groups is 1. The molecule has 2 N–H and O–H groups in total. The van der Waals surface area contributed by atoms with Crippen molar-refractivity contribution in [3.63, 3.8) is 0 Å². The molecule has 1 aromatic rings. The van der Waals surface area contributed by atoms with E-state index >= 15 is 0 Å². The molecule has 0 saturated carbocycles. The summed E-state index contributed by atoms with van der Waals surface area (Å²) >= 11 is 0. The first-order valence-corrected chi connectivity index (χ1v) is 9.26. The van der Waals surface area contributed by atoms with Crippen LogP contribution in [0.25, 0.3) is 0 Å². The average Bonchev–Trinajstić information content (AvgIpc) is 2.66. The van der Waals surface area contributed by atoms with Crippen LogP contribution in [0.5, 0.6) is 0 Å². The highest BCUT2D eigenvalue weighted by molar-refractivity contribution is 5.98. The number of piperidine rings is 1. The molecular weight excluding hydrogens is 302 g/mol. The zero-order chi connectivity index (χ0) is 16.6. The second kappa shape index (κ2) is 8.99. The minimum absolute atomic E-state index is 0.00369. The highest BCUT2D eigenvalue weighted by atomic mass is 16.1. The number of hydrogen-bond donors (Lipinski definition) is 2. The van der Waals surface area contributed by atoms with Crippen molar-refractivity contribution in [2.24, 2.45) is 0 Å². The molecule has 1 aromatic heterocycles. The summed E-state index contributed by atoms with van der Waals surface area (Å²) < 4.78 is 0. The summed E-state index contributed by atoms with van der Waals surface area (Å²) in [5.74, 6) is 0.848. The minimum atomic E-state index is 0.00369. The molecule has 0 spiro atoms. The zero-order valence-corrected chi connectivity index (χ0v) is 14.5. The third-order valence-electron chi connectivity index (χ3n) is 4.83. The highest BCUT2D eigenvalue weighted by Gasteiger charge is 2.19. The number of carbonyl (C=O) groups excluding carboxylic acids is 1. The van der Waals surface area contributed by atoms with Crippen molar-refractivity contribution in [1.82, 2.24) is 20.5 Å². The van der Waals surface area contributed by atoms with Gasteiger partial charge in [0.1, 0.15) is 5.82 Å². The van der Waals surface area contributed by atoms with E-state index in [1.165, 1.54) is 19.3 Å². The molecule has 0 aliphatic carbocycles. The normalized spacial score (nSPS) is 19.2. The predicted molar refractivity (Wildman–Crippen MR) is 96.6 cm³/mol. The van der Waals surface area contributed by atoms with Crippen LogP contribution in [0.2, 0.25) is 0 Å². The summed E-state index contributed by atoms with van der Waals surface area (Å²) in [5, 5.41) is 6.43. The number of hydrogen-bond acceptors (Lipinski definition) is 5. The molecule has 132 valence electrons. The van der Waals surface area contributed by atoms with Gasteiger partial charge in [-0.15, -0.1) is 0 Å². The second-order valence-electron chi connectivity index (χ2n) is 6.62. The third-order valence-corrected chi connectivity index (χ3v) is 4.83. The summed E-state index contributed by atoms with van der Waals surface area (Å²) in [6.07, 6.45) is 6.41. The molecule has 0 bridgehead atoms. The molecule has 2 saturated heterocycles. The van der Waals surface area contributed by atoms with Crippen molar-refractivity contribution in [3.8, 4) is 0 Å². The number of nitrogens with one attached hydrogen (secondary N) is 2. The fourth-order valence-corrected chi connectivity index (χ4v) is 3.47. The van der Waals surface area contributed by atoms with Gasteiger partial charge >= 0.3 is 0 Å². The molecule has 0 radical (unpaired) electrons. The Labute approximate surface area is 144 Å². The Bertz CT molecular complexity index is 524. The van der Waals surface area contributed by atoms with Gasteiger partial charge in [0.15, 0.2) is 0 Å². The van der Waals surface area contributed by atoms with Crippen LogP contribution in [0.4, 0.5) is 5.82 Å². The van der Waals surface area contributed by atoms with E-state index < -0.39 is 0 Å². The first-order valence-electron chi connectivity index (χ1n) is 9.26. The topological polar surface area (TPSA) is 60.5 Å². The van der Waals surface area contributed by atoms with Gasteiger partial charge in [0, 0.05) is 52.0 Å². The van der Waals surface area contributed by atoms with Crippen molar-refractivity contribution < 1.29 is 4.79 Å². The SMILES string of the molecule is O=C(NCCCN1CCNCC1)c1cccnc1N1CCCCC1. The van der Waals surface area contributed by atoms with Crippen molar-refractivity contribution >= 4 is 11.7 Å². The van der Waals surface area contributed by atoms with E-state index in [1.807, 2.05) is 12.1 Å². The predicted octanol–water partition coefficient (Wildman–Crippen LogP) is 1.10. The third kappa shape index (κ3) is 4.68. The largest absolute Gasteiger partial charge is 0.356 e. The Morgan fingerprint density at radius 2 is 1.96 bits per heavy atom. The van der Waals surface area contributed by atoms with Gasteiger partial charge in [0.2, 0.25) is 0 Å². The summed E-state index contributed by atoms with van der Waals surface area (Å²) in [7, 11) is 0. The van der Waals surface area contributed by atoms with Gasteiger partial charge in [0.25, 0.3) is 5.91 Å². The summed E-state index contributed by atoms with van der Waals surface area (Å²) in [4.78, 5) is 21.7. The van der Waals surface area contributed by atoms with Crippen LogP contribution < -0.4 is 15.5 Å². The molecule has 2 aliphatic heterocycles. The molecular formula is C18H29N5O. The average molecular weight is 331 g/mol. The quantitative estimate of drug-likeness (QED) is 0.765. The summed E-state index contributed by atoms with van der Waals surface area (Å²) in [6.45, 7) is 8.12. The standard InChI is InChI=1S/C18H29N5O/c24-18(21-8-5-11-22-14-9-19-10-15-22)16-6-4-7-20-17(16)23-12-2-1-3-13-23/h4,6-7,19H,1-3,5,8-15H2,(H,21,24). The van der Waals surface area contributed by atoms with Gasteiger partial charge in [-0.2, -0.15) is 0 Å². The van der Waals surface area contributed by atoms with E-state index in [0.717, 1.165) is 64.6 Å². The smallest absolute Gasteiger partial charge is 0.255 e. The second-order valence-corrected chi connectivity index (χ2v) is 6.62. The number of amides is 1. The molecule has 2 fully saturated rings. The van der Waals surface area contributed by atoms with Crippen molar-refractivity contribution in [3.05, 3.63) is 23.9 Å². The lowest BCUT2D eigenvalue weighted by Gasteiger charge is -2.29. The van der Waals surface area contributed by atoms with Crippen LogP contribution in [0.3, 0.4) is 0 Å². The van der Waals surface area contributed by atoms with Crippen LogP contribution in [0, 0.1) is 0 Å².